The van der Waals surface area contributed by atoms with Gasteiger partial charge in [-0.25, -0.2) is 22.3 Å². The molecule has 9 heteroatoms. The van der Waals surface area contributed by atoms with Crippen LogP contribution in [0.15, 0.2) is 4.90 Å². The van der Waals surface area contributed by atoms with Crippen LogP contribution >= 0.6 is 0 Å². The van der Waals surface area contributed by atoms with Crippen molar-refractivity contribution < 1.29 is 27.1 Å². The Morgan fingerprint density at radius 1 is 1.52 bits per heavy atom. The number of hydrogen-bond acceptors (Lipinski definition) is 5. The van der Waals surface area contributed by atoms with Gasteiger partial charge in [-0.05, 0) is 20.8 Å². The predicted molar refractivity (Wildman–Crippen MR) is 71.0 cm³/mol. The lowest BCUT2D eigenvalue weighted by atomic mass is 10.0. The number of H-pyrrole nitrogens is 1. The quantitative estimate of drug-likeness (QED) is 0.779. The highest BCUT2D eigenvalue weighted by Gasteiger charge is 2.40. The smallest absolute Gasteiger partial charge is 0.357 e. The summed E-state index contributed by atoms with van der Waals surface area (Å²) in [4.78, 5) is 13.4. The summed E-state index contributed by atoms with van der Waals surface area (Å²) in [5, 5.41) is 0. The maximum atomic E-state index is 14.3. The van der Waals surface area contributed by atoms with Gasteiger partial charge in [0, 0.05) is 5.69 Å². The van der Waals surface area contributed by atoms with E-state index in [0.29, 0.717) is 0 Å². The van der Waals surface area contributed by atoms with E-state index in [0.717, 1.165) is 0 Å². The summed E-state index contributed by atoms with van der Waals surface area (Å²) >= 11 is 0. The number of carbonyl (C=O) groups excluding carboxylic acids is 1. The van der Waals surface area contributed by atoms with Crippen LogP contribution in [0.25, 0.3) is 0 Å². The number of hydrogen-bond donors (Lipinski definition) is 2. The highest BCUT2D eigenvalue weighted by Crippen LogP contribution is 2.26. The summed E-state index contributed by atoms with van der Waals surface area (Å²) in [6.07, 6.45) is 0. The predicted octanol–water partition coefficient (Wildman–Crippen LogP) is 0.706. The van der Waals surface area contributed by atoms with Gasteiger partial charge in [-0.1, -0.05) is 0 Å². The minimum Gasteiger partial charge on any atom is -0.461 e. The topological polar surface area (TPSA) is 97.5 Å². The molecule has 0 aliphatic carbocycles. The Labute approximate surface area is 121 Å². The maximum absolute atomic E-state index is 14.3. The fraction of sp³-hybridized carbons (Fsp3) is 0.583. The molecule has 0 amide bonds. The lowest BCUT2D eigenvalue weighted by Crippen LogP contribution is -2.59. The normalized spacial score (nSPS) is 17.3. The number of halogens is 1. The van der Waals surface area contributed by atoms with E-state index >= 15 is 0 Å². The summed E-state index contributed by atoms with van der Waals surface area (Å²) in [5.41, 5.74) is -1.23. The largest absolute Gasteiger partial charge is 0.461 e. The number of sulfonamides is 1. The summed E-state index contributed by atoms with van der Waals surface area (Å²) in [6, 6.07) is 0. The Morgan fingerprint density at radius 2 is 2.14 bits per heavy atom. The SMILES string of the molecule is CCOC(=O)c1[nH]c(C)c(S(=O)(=O)NC2(C)COC2)c1F. The van der Waals surface area contributed by atoms with Crippen molar-refractivity contribution in [1.82, 2.24) is 9.71 Å². The van der Waals surface area contributed by atoms with Crippen LogP contribution < -0.4 is 4.72 Å². The molecule has 0 spiro atoms. The molecule has 0 bridgehead atoms. The summed E-state index contributed by atoms with van der Waals surface area (Å²) in [7, 11) is -4.11. The molecule has 7 nitrogen and oxygen atoms in total. The first-order valence-electron chi connectivity index (χ1n) is 6.37. The molecule has 1 aromatic rings. The zero-order chi connectivity index (χ0) is 15.8. The first-order chi connectivity index (χ1) is 9.70. The Kier molecular flexibility index (Phi) is 4.09. The lowest BCUT2D eigenvalue weighted by molar-refractivity contribution is -0.0523. The van der Waals surface area contributed by atoms with Crippen LogP contribution in [-0.4, -0.2) is 44.7 Å². The second kappa shape index (κ2) is 5.39. The van der Waals surface area contributed by atoms with Gasteiger partial charge in [-0.2, -0.15) is 0 Å². The molecule has 1 aliphatic rings. The van der Waals surface area contributed by atoms with Crippen molar-refractivity contribution in [3.05, 3.63) is 17.2 Å². The van der Waals surface area contributed by atoms with E-state index in [2.05, 4.69) is 14.4 Å². The minimum absolute atomic E-state index is 0.0342. The molecule has 0 unspecified atom stereocenters. The molecule has 118 valence electrons. The van der Waals surface area contributed by atoms with E-state index in [1.807, 2.05) is 0 Å². The van der Waals surface area contributed by atoms with Crippen LogP contribution in [0.5, 0.6) is 0 Å². The molecule has 1 fully saturated rings. The van der Waals surface area contributed by atoms with Gasteiger partial charge in [0.05, 0.1) is 25.4 Å². The summed E-state index contributed by atoms with van der Waals surface area (Å²) in [6.45, 7) is 5.08. The maximum Gasteiger partial charge on any atom is 0.357 e. The molecule has 1 saturated heterocycles. The third-order valence-electron chi connectivity index (χ3n) is 3.04. The van der Waals surface area contributed by atoms with Crippen LogP contribution in [0.3, 0.4) is 0 Å². The van der Waals surface area contributed by atoms with Gasteiger partial charge < -0.3 is 14.5 Å². The molecule has 1 aliphatic heterocycles. The molecule has 2 rings (SSSR count). The number of aryl methyl sites for hydroxylation is 1. The Balaban J connectivity index is 2.37. The van der Waals surface area contributed by atoms with Crippen LogP contribution in [0, 0.1) is 12.7 Å². The van der Waals surface area contributed by atoms with Gasteiger partial charge in [-0.3, -0.25) is 0 Å². The third-order valence-corrected chi connectivity index (χ3v) is 4.83. The van der Waals surface area contributed by atoms with Crippen LogP contribution in [0.1, 0.15) is 30.0 Å². The lowest BCUT2D eigenvalue weighted by Gasteiger charge is -2.38. The van der Waals surface area contributed by atoms with E-state index in [4.69, 9.17) is 4.74 Å². The Hall–Kier alpha value is -1.45. The number of esters is 1. The highest BCUT2D eigenvalue weighted by molar-refractivity contribution is 7.89. The fourth-order valence-corrected chi connectivity index (χ4v) is 3.74. The van der Waals surface area contributed by atoms with E-state index in [-0.39, 0.29) is 25.5 Å². The molecule has 2 heterocycles. The van der Waals surface area contributed by atoms with Crippen molar-refractivity contribution in [2.45, 2.75) is 31.2 Å². The van der Waals surface area contributed by atoms with Crippen LogP contribution in [0.2, 0.25) is 0 Å². The molecule has 1 aromatic heterocycles. The average Bonchev–Trinajstić information content (AvgIpc) is 2.63. The molecule has 0 atom stereocenters. The molecule has 0 radical (unpaired) electrons. The zero-order valence-electron chi connectivity index (χ0n) is 11.9. The minimum atomic E-state index is -4.11. The van der Waals surface area contributed by atoms with Crippen molar-refractivity contribution in [3.63, 3.8) is 0 Å². The van der Waals surface area contributed by atoms with Gasteiger partial charge >= 0.3 is 5.97 Å². The third kappa shape index (κ3) is 2.94. The monoisotopic (exact) mass is 320 g/mol. The van der Waals surface area contributed by atoms with E-state index in [1.165, 1.54) is 6.92 Å². The van der Waals surface area contributed by atoms with Crippen molar-refractivity contribution in [2.24, 2.45) is 0 Å². The zero-order valence-corrected chi connectivity index (χ0v) is 12.8. The van der Waals surface area contributed by atoms with E-state index < -0.39 is 37.9 Å². The number of ether oxygens (including phenoxy) is 2. The Bertz CT molecular complexity index is 663. The average molecular weight is 320 g/mol. The van der Waals surface area contributed by atoms with Gasteiger partial charge in [0.2, 0.25) is 10.0 Å². The van der Waals surface area contributed by atoms with Gasteiger partial charge in [0.25, 0.3) is 0 Å². The number of aromatic nitrogens is 1. The fourth-order valence-electron chi connectivity index (χ4n) is 2.08. The molecule has 21 heavy (non-hydrogen) atoms. The standard InChI is InChI=1S/C12H17FN2O5S/c1-4-20-11(16)9-8(13)10(7(2)14-9)21(17,18)15-12(3)5-19-6-12/h14-15H,4-6H2,1-3H3. The van der Waals surface area contributed by atoms with Crippen LogP contribution in [0.4, 0.5) is 4.39 Å². The first-order valence-corrected chi connectivity index (χ1v) is 7.85. The van der Waals surface area contributed by atoms with Crippen molar-refractivity contribution in [3.8, 4) is 0 Å². The van der Waals surface area contributed by atoms with E-state index in [1.54, 1.807) is 13.8 Å². The molecular formula is C12H17FN2O5S. The van der Waals surface area contributed by atoms with E-state index in [9.17, 15) is 17.6 Å². The van der Waals surface area contributed by atoms with Gasteiger partial charge in [0.15, 0.2) is 11.5 Å². The van der Waals surface area contributed by atoms with Crippen molar-refractivity contribution in [1.29, 1.82) is 0 Å². The first kappa shape index (κ1) is 15.9. The molecular weight excluding hydrogens is 303 g/mol. The summed E-state index contributed by atoms with van der Waals surface area (Å²) in [5.74, 6) is -2.07. The highest BCUT2D eigenvalue weighted by atomic mass is 32.2. The summed E-state index contributed by atoms with van der Waals surface area (Å²) < 4.78 is 50.9. The van der Waals surface area contributed by atoms with Gasteiger partial charge in [0.1, 0.15) is 4.90 Å². The van der Waals surface area contributed by atoms with Crippen molar-refractivity contribution >= 4 is 16.0 Å². The number of aromatic amines is 1. The molecule has 2 N–H and O–H groups in total. The molecule has 0 saturated carbocycles. The van der Waals surface area contributed by atoms with Crippen molar-refractivity contribution in [2.75, 3.05) is 19.8 Å². The molecule has 0 aromatic carbocycles. The second-order valence-electron chi connectivity index (χ2n) is 5.15. The number of nitrogens with one attached hydrogen (secondary N) is 2. The number of carbonyl (C=O) groups is 1. The number of rotatable bonds is 5. The Morgan fingerprint density at radius 3 is 2.62 bits per heavy atom. The second-order valence-corrected chi connectivity index (χ2v) is 6.77. The van der Waals surface area contributed by atoms with Crippen LogP contribution in [-0.2, 0) is 19.5 Å². The van der Waals surface area contributed by atoms with Gasteiger partial charge in [-0.15, -0.1) is 0 Å².